The number of oxazole rings is 1. The fourth-order valence-electron chi connectivity index (χ4n) is 3.51. The Morgan fingerprint density at radius 2 is 1.78 bits per heavy atom. The Morgan fingerprint density at radius 1 is 0.938 bits per heavy atom. The number of benzene rings is 3. The normalized spacial score (nSPS) is 11.0. The predicted molar refractivity (Wildman–Crippen MR) is 120 cm³/mol. The second kappa shape index (κ2) is 8.85. The Morgan fingerprint density at radius 3 is 2.56 bits per heavy atom. The molecule has 7 heteroatoms. The first-order valence-electron chi connectivity index (χ1n) is 10.4. The van der Waals surface area contributed by atoms with E-state index in [1.165, 1.54) is 11.9 Å². The van der Waals surface area contributed by atoms with Crippen LogP contribution >= 0.6 is 0 Å². The first-order chi connectivity index (χ1) is 15.7. The molecular formula is C25H21N5O2. The minimum Gasteiger partial charge on any atom is -0.441 e. The average Bonchev–Trinajstić information content (AvgIpc) is 3.52. The van der Waals surface area contributed by atoms with Gasteiger partial charge in [0.2, 0.25) is 0 Å². The van der Waals surface area contributed by atoms with Crippen LogP contribution in [0.3, 0.4) is 0 Å². The molecule has 1 amide bonds. The van der Waals surface area contributed by atoms with Gasteiger partial charge in [-0.1, -0.05) is 42.5 Å². The fourth-order valence-corrected chi connectivity index (χ4v) is 3.51. The third kappa shape index (κ3) is 4.41. The summed E-state index contributed by atoms with van der Waals surface area (Å²) in [5.74, 6) is 0.523. The van der Waals surface area contributed by atoms with Crippen LogP contribution in [0.25, 0.3) is 16.8 Å². The van der Waals surface area contributed by atoms with E-state index in [9.17, 15) is 4.79 Å². The summed E-state index contributed by atoms with van der Waals surface area (Å²) in [6.45, 7) is 0.426. The Bertz CT molecular complexity index is 1330. The van der Waals surface area contributed by atoms with Crippen molar-refractivity contribution >= 4 is 17.0 Å². The number of fused-ring (bicyclic) bond motifs is 1. The Labute approximate surface area is 184 Å². The van der Waals surface area contributed by atoms with Gasteiger partial charge < -0.3 is 9.73 Å². The molecule has 0 bridgehead atoms. The lowest BCUT2D eigenvalue weighted by atomic mass is 10.1. The van der Waals surface area contributed by atoms with Crippen molar-refractivity contribution in [2.75, 3.05) is 0 Å². The van der Waals surface area contributed by atoms with E-state index >= 15 is 0 Å². The number of nitrogens with zero attached hydrogens (tertiary/aromatic N) is 4. The first kappa shape index (κ1) is 19.7. The van der Waals surface area contributed by atoms with E-state index in [1.54, 1.807) is 29.2 Å². The van der Waals surface area contributed by atoms with Gasteiger partial charge in [0.1, 0.15) is 18.2 Å². The second-order valence-corrected chi connectivity index (χ2v) is 7.46. The molecule has 1 N–H and O–H groups in total. The van der Waals surface area contributed by atoms with E-state index < -0.39 is 0 Å². The molecule has 5 rings (SSSR count). The Balaban J connectivity index is 1.21. The van der Waals surface area contributed by atoms with Gasteiger partial charge in [-0.05, 0) is 47.9 Å². The monoisotopic (exact) mass is 423 g/mol. The zero-order valence-electron chi connectivity index (χ0n) is 17.3. The zero-order valence-corrected chi connectivity index (χ0v) is 17.3. The standard InChI is InChI=1S/C25H21N5O2/c31-25(27-15-19-6-10-21(11-7-19)30-17-26-16-28-30)20-9-12-23-22(14-20)29-24(32-23)13-8-18-4-2-1-3-5-18/h1-7,9-12,14,16-17H,8,13,15H2,(H,27,31). The van der Waals surface area contributed by atoms with Crippen LogP contribution in [0.1, 0.15) is 27.4 Å². The highest BCUT2D eigenvalue weighted by atomic mass is 16.3. The lowest BCUT2D eigenvalue weighted by Crippen LogP contribution is -2.22. The lowest BCUT2D eigenvalue weighted by molar-refractivity contribution is 0.0951. The number of carbonyl (C=O) groups excluding carboxylic acids is 1. The molecule has 0 spiro atoms. The molecule has 0 saturated carbocycles. The summed E-state index contributed by atoms with van der Waals surface area (Å²) in [6.07, 6.45) is 4.71. The third-order valence-electron chi connectivity index (χ3n) is 5.24. The highest BCUT2D eigenvalue weighted by Gasteiger charge is 2.11. The summed E-state index contributed by atoms with van der Waals surface area (Å²) < 4.78 is 7.53. The van der Waals surface area contributed by atoms with Crippen LogP contribution in [-0.2, 0) is 19.4 Å². The summed E-state index contributed by atoms with van der Waals surface area (Å²) in [6, 6.07) is 23.4. The molecule has 3 aromatic carbocycles. The molecular weight excluding hydrogens is 402 g/mol. The van der Waals surface area contributed by atoms with Crippen molar-refractivity contribution in [3.05, 3.63) is 108 Å². The van der Waals surface area contributed by atoms with Gasteiger partial charge >= 0.3 is 0 Å². The molecule has 5 aromatic rings. The van der Waals surface area contributed by atoms with E-state index in [0.29, 0.717) is 35.5 Å². The molecule has 0 unspecified atom stereocenters. The van der Waals surface area contributed by atoms with Gasteiger partial charge in [-0.25, -0.2) is 14.6 Å². The van der Waals surface area contributed by atoms with E-state index in [4.69, 9.17) is 4.42 Å². The number of rotatable bonds is 7. The van der Waals surface area contributed by atoms with Crippen molar-refractivity contribution in [1.82, 2.24) is 25.1 Å². The van der Waals surface area contributed by atoms with E-state index in [-0.39, 0.29) is 5.91 Å². The van der Waals surface area contributed by atoms with E-state index in [1.807, 2.05) is 42.5 Å². The van der Waals surface area contributed by atoms with Crippen LogP contribution in [0.2, 0.25) is 0 Å². The fraction of sp³-hybridized carbons (Fsp3) is 0.120. The molecule has 0 radical (unpaired) electrons. The van der Waals surface area contributed by atoms with Gasteiger partial charge in [0, 0.05) is 18.5 Å². The average molecular weight is 423 g/mol. The molecule has 0 atom stereocenters. The molecule has 2 heterocycles. The van der Waals surface area contributed by atoms with Gasteiger partial charge in [-0.15, -0.1) is 0 Å². The summed E-state index contributed by atoms with van der Waals surface area (Å²) in [7, 11) is 0. The van der Waals surface area contributed by atoms with Crippen LogP contribution in [0.5, 0.6) is 0 Å². The van der Waals surface area contributed by atoms with Crippen molar-refractivity contribution in [2.45, 2.75) is 19.4 Å². The number of nitrogens with one attached hydrogen (secondary N) is 1. The van der Waals surface area contributed by atoms with Crippen LogP contribution in [-0.4, -0.2) is 25.7 Å². The highest BCUT2D eigenvalue weighted by Crippen LogP contribution is 2.19. The van der Waals surface area contributed by atoms with E-state index in [2.05, 4.69) is 32.5 Å². The number of carbonyl (C=O) groups is 1. The van der Waals surface area contributed by atoms with Crippen molar-refractivity contribution < 1.29 is 9.21 Å². The SMILES string of the molecule is O=C(NCc1ccc(-n2cncn2)cc1)c1ccc2oc(CCc3ccccc3)nc2c1. The summed E-state index contributed by atoms with van der Waals surface area (Å²) in [5.41, 5.74) is 5.08. The van der Waals surface area contributed by atoms with Gasteiger partial charge in [0.05, 0.1) is 5.69 Å². The molecule has 0 aliphatic carbocycles. The minimum atomic E-state index is -0.152. The molecule has 7 nitrogen and oxygen atoms in total. The quantitative estimate of drug-likeness (QED) is 0.426. The molecule has 2 aromatic heterocycles. The predicted octanol–water partition coefficient (Wildman–Crippen LogP) is 4.12. The van der Waals surface area contributed by atoms with Crippen LogP contribution in [0, 0.1) is 0 Å². The van der Waals surface area contributed by atoms with Crippen molar-refractivity contribution in [3.63, 3.8) is 0 Å². The van der Waals surface area contributed by atoms with Gasteiger partial charge in [-0.2, -0.15) is 5.10 Å². The first-order valence-corrected chi connectivity index (χ1v) is 10.4. The number of aromatic nitrogens is 4. The van der Waals surface area contributed by atoms with Gasteiger partial charge in [0.15, 0.2) is 11.5 Å². The molecule has 158 valence electrons. The van der Waals surface area contributed by atoms with Gasteiger partial charge in [-0.3, -0.25) is 4.79 Å². The largest absolute Gasteiger partial charge is 0.441 e. The summed E-state index contributed by atoms with van der Waals surface area (Å²) in [5, 5.41) is 7.06. The van der Waals surface area contributed by atoms with Crippen molar-refractivity contribution in [2.24, 2.45) is 0 Å². The maximum absolute atomic E-state index is 12.6. The maximum atomic E-state index is 12.6. The van der Waals surface area contributed by atoms with Crippen molar-refractivity contribution in [3.8, 4) is 5.69 Å². The van der Waals surface area contributed by atoms with Crippen molar-refractivity contribution in [1.29, 1.82) is 0 Å². The smallest absolute Gasteiger partial charge is 0.251 e. The van der Waals surface area contributed by atoms with Gasteiger partial charge in [0.25, 0.3) is 5.91 Å². The molecule has 0 aliphatic heterocycles. The lowest BCUT2D eigenvalue weighted by Gasteiger charge is -2.06. The molecule has 0 aliphatic rings. The summed E-state index contributed by atoms with van der Waals surface area (Å²) in [4.78, 5) is 21.1. The Kier molecular flexibility index (Phi) is 5.45. The second-order valence-electron chi connectivity index (χ2n) is 7.46. The molecule has 32 heavy (non-hydrogen) atoms. The Hall–Kier alpha value is -4.26. The van der Waals surface area contributed by atoms with Crippen LogP contribution in [0.15, 0.2) is 89.9 Å². The number of hydrogen-bond acceptors (Lipinski definition) is 5. The zero-order chi connectivity index (χ0) is 21.8. The van der Waals surface area contributed by atoms with E-state index in [0.717, 1.165) is 17.7 Å². The molecule has 0 fully saturated rings. The minimum absolute atomic E-state index is 0.152. The topological polar surface area (TPSA) is 85.8 Å². The molecule has 0 saturated heterocycles. The van der Waals surface area contributed by atoms with Crippen LogP contribution < -0.4 is 5.32 Å². The number of hydrogen-bond donors (Lipinski definition) is 1. The van der Waals surface area contributed by atoms with Crippen LogP contribution in [0.4, 0.5) is 0 Å². The summed E-state index contributed by atoms with van der Waals surface area (Å²) >= 11 is 0. The number of aryl methyl sites for hydroxylation is 2. The third-order valence-corrected chi connectivity index (χ3v) is 5.24. The highest BCUT2D eigenvalue weighted by molar-refractivity contribution is 5.97. The number of amides is 1. The maximum Gasteiger partial charge on any atom is 0.251 e.